The summed E-state index contributed by atoms with van der Waals surface area (Å²) in [6, 6.07) is 27.9. The molecular weight excluding hydrogens is 420 g/mol. The molecule has 0 heterocycles. The Kier molecular flexibility index (Phi) is 9.82. The summed E-state index contributed by atoms with van der Waals surface area (Å²) in [6.07, 6.45) is 18.9. The maximum Gasteiger partial charge on any atom is 0.00182 e. The molecule has 0 aliphatic heterocycles. The zero-order valence-corrected chi connectivity index (χ0v) is 22.0. The second kappa shape index (κ2) is 13.5. The average molecular weight is 465 g/mol. The Morgan fingerprint density at radius 3 is 1.66 bits per heavy atom. The number of allylic oxidation sites excluding steroid dienone is 2. The van der Waals surface area contributed by atoms with Gasteiger partial charge in [0.2, 0.25) is 0 Å². The van der Waals surface area contributed by atoms with Crippen LogP contribution in [0.25, 0.3) is 11.1 Å². The van der Waals surface area contributed by atoms with E-state index in [2.05, 4.69) is 98.8 Å². The van der Waals surface area contributed by atoms with Gasteiger partial charge in [0.1, 0.15) is 0 Å². The molecule has 184 valence electrons. The minimum absolute atomic E-state index is 0.569. The fourth-order valence-corrected chi connectivity index (χ4v) is 5.37. The Balaban J connectivity index is 1.25. The predicted octanol–water partition coefficient (Wildman–Crippen LogP) is 10.1. The van der Waals surface area contributed by atoms with Crippen molar-refractivity contribution in [1.82, 2.24) is 0 Å². The molecule has 0 fully saturated rings. The Morgan fingerprint density at radius 1 is 0.543 bits per heavy atom. The molecule has 0 N–H and O–H groups in total. The van der Waals surface area contributed by atoms with Gasteiger partial charge in [-0.1, -0.05) is 118 Å². The van der Waals surface area contributed by atoms with E-state index in [-0.39, 0.29) is 0 Å². The first-order chi connectivity index (χ1) is 17.2. The summed E-state index contributed by atoms with van der Waals surface area (Å²) < 4.78 is 0. The first kappa shape index (κ1) is 25.5. The summed E-state index contributed by atoms with van der Waals surface area (Å²) >= 11 is 0. The Labute approximate surface area is 214 Å². The highest BCUT2D eigenvalue weighted by Gasteiger charge is 2.17. The average Bonchev–Trinajstić information content (AvgIpc) is 2.92. The molecule has 3 aromatic carbocycles. The number of rotatable bonds is 12. The first-order valence-corrected chi connectivity index (χ1v) is 14.2. The summed E-state index contributed by atoms with van der Waals surface area (Å²) in [6.45, 7) is 4.53. The van der Waals surface area contributed by atoms with E-state index >= 15 is 0 Å². The lowest BCUT2D eigenvalue weighted by Gasteiger charge is -2.23. The molecule has 3 aromatic rings. The van der Waals surface area contributed by atoms with Crippen molar-refractivity contribution in [2.75, 3.05) is 0 Å². The van der Waals surface area contributed by atoms with Gasteiger partial charge in [-0.2, -0.15) is 0 Å². The first-order valence-electron chi connectivity index (χ1n) is 14.2. The van der Waals surface area contributed by atoms with E-state index in [0.717, 1.165) is 5.92 Å². The van der Waals surface area contributed by atoms with Crippen molar-refractivity contribution in [3.63, 3.8) is 0 Å². The minimum atomic E-state index is 0.569. The zero-order chi connectivity index (χ0) is 24.3. The lowest BCUT2D eigenvalue weighted by Crippen LogP contribution is -2.08. The van der Waals surface area contributed by atoms with E-state index < -0.39 is 0 Å². The van der Waals surface area contributed by atoms with E-state index in [0.29, 0.717) is 5.92 Å². The maximum absolute atomic E-state index is 2.50. The van der Waals surface area contributed by atoms with Crippen LogP contribution in [0.1, 0.15) is 93.4 Å². The predicted molar refractivity (Wildman–Crippen MR) is 153 cm³/mol. The molecule has 0 nitrogen and oxygen atoms in total. The van der Waals surface area contributed by atoms with Gasteiger partial charge in [-0.05, 0) is 90.7 Å². The van der Waals surface area contributed by atoms with E-state index in [1.807, 2.05) is 0 Å². The number of unbranched alkanes of at least 4 members (excludes halogenated alkanes) is 3. The molecule has 2 atom stereocenters. The largest absolute Gasteiger partial charge is 0.0848 e. The fourth-order valence-electron chi connectivity index (χ4n) is 5.37. The molecule has 1 aliphatic rings. The van der Waals surface area contributed by atoms with E-state index in [1.54, 1.807) is 0 Å². The van der Waals surface area contributed by atoms with E-state index in [4.69, 9.17) is 0 Å². The van der Waals surface area contributed by atoms with Crippen LogP contribution in [-0.4, -0.2) is 0 Å². The SMILES string of the molecule is CCCCCc1ccc(CCC2C=CC(c3ccc(-c4ccc(CCCC)cc4)cc3)CC2)cc1. The molecule has 0 spiro atoms. The van der Waals surface area contributed by atoms with Crippen molar-refractivity contribution in [2.24, 2.45) is 5.92 Å². The highest BCUT2D eigenvalue weighted by molar-refractivity contribution is 5.64. The smallest absolute Gasteiger partial charge is 0.00182 e. The van der Waals surface area contributed by atoms with Gasteiger partial charge < -0.3 is 0 Å². The zero-order valence-electron chi connectivity index (χ0n) is 22.0. The van der Waals surface area contributed by atoms with Crippen LogP contribution in [0.3, 0.4) is 0 Å². The third-order valence-electron chi connectivity index (χ3n) is 7.80. The fraction of sp³-hybridized carbons (Fsp3) is 0.429. The van der Waals surface area contributed by atoms with Gasteiger partial charge in [0, 0.05) is 5.92 Å². The van der Waals surface area contributed by atoms with Crippen LogP contribution >= 0.6 is 0 Å². The molecule has 0 saturated heterocycles. The normalized spacial score (nSPS) is 17.5. The summed E-state index contributed by atoms with van der Waals surface area (Å²) in [4.78, 5) is 0. The molecule has 0 aromatic heterocycles. The van der Waals surface area contributed by atoms with Gasteiger partial charge in [-0.25, -0.2) is 0 Å². The lowest BCUT2D eigenvalue weighted by molar-refractivity contribution is 0.482. The highest BCUT2D eigenvalue weighted by atomic mass is 14.2. The second-order valence-corrected chi connectivity index (χ2v) is 10.6. The number of hydrogen-bond acceptors (Lipinski definition) is 0. The van der Waals surface area contributed by atoms with Crippen LogP contribution in [0.2, 0.25) is 0 Å². The Hall–Kier alpha value is -2.60. The van der Waals surface area contributed by atoms with Crippen molar-refractivity contribution in [3.8, 4) is 11.1 Å². The number of benzene rings is 3. The molecular formula is C35H44. The van der Waals surface area contributed by atoms with Gasteiger partial charge in [0.05, 0.1) is 0 Å². The van der Waals surface area contributed by atoms with Gasteiger partial charge in [0.15, 0.2) is 0 Å². The summed E-state index contributed by atoms with van der Waals surface area (Å²) in [5.74, 6) is 1.29. The van der Waals surface area contributed by atoms with Crippen LogP contribution in [0, 0.1) is 5.92 Å². The molecule has 2 unspecified atom stereocenters. The van der Waals surface area contributed by atoms with Crippen LogP contribution < -0.4 is 0 Å². The van der Waals surface area contributed by atoms with Crippen molar-refractivity contribution in [1.29, 1.82) is 0 Å². The monoisotopic (exact) mass is 464 g/mol. The third kappa shape index (κ3) is 7.69. The molecule has 4 rings (SSSR count). The quantitative estimate of drug-likeness (QED) is 0.185. The van der Waals surface area contributed by atoms with Crippen LogP contribution in [-0.2, 0) is 19.3 Å². The van der Waals surface area contributed by atoms with Crippen molar-refractivity contribution < 1.29 is 0 Å². The van der Waals surface area contributed by atoms with E-state index in [9.17, 15) is 0 Å². The summed E-state index contributed by atoms with van der Waals surface area (Å²) in [7, 11) is 0. The standard InChI is InChI=1S/C35H44/c1-3-5-7-9-29-10-12-30(13-11-29)14-15-31-18-22-33(23-19-31)35-26-24-34(25-27-35)32-20-16-28(17-21-32)8-6-4-2/h10-13,16-18,20-22,24-27,31,33H,3-9,14-15,19,23H2,1-2H3. The molecule has 1 aliphatic carbocycles. The summed E-state index contributed by atoms with van der Waals surface area (Å²) in [5.41, 5.74) is 8.55. The minimum Gasteiger partial charge on any atom is -0.0848 e. The molecule has 35 heavy (non-hydrogen) atoms. The van der Waals surface area contributed by atoms with Gasteiger partial charge in [0.25, 0.3) is 0 Å². The van der Waals surface area contributed by atoms with Gasteiger partial charge in [-0.15, -0.1) is 0 Å². The van der Waals surface area contributed by atoms with Gasteiger partial charge >= 0.3 is 0 Å². The van der Waals surface area contributed by atoms with Crippen LogP contribution in [0.4, 0.5) is 0 Å². The number of hydrogen-bond donors (Lipinski definition) is 0. The highest BCUT2D eigenvalue weighted by Crippen LogP contribution is 2.33. The Bertz CT molecular complexity index is 1020. The molecule has 0 saturated carbocycles. The van der Waals surface area contributed by atoms with Crippen LogP contribution in [0.15, 0.2) is 84.9 Å². The van der Waals surface area contributed by atoms with Crippen molar-refractivity contribution >= 4 is 0 Å². The van der Waals surface area contributed by atoms with Crippen LogP contribution in [0.5, 0.6) is 0 Å². The topological polar surface area (TPSA) is 0 Å². The van der Waals surface area contributed by atoms with E-state index in [1.165, 1.54) is 104 Å². The Morgan fingerprint density at radius 2 is 1.09 bits per heavy atom. The second-order valence-electron chi connectivity index (χ2n) is 10.6. The molecule has 0 bridgehead atoms. The maximum atomic E-state index is 2.50. The molecule has 0 radical (unpaired) electrons. The van der Waals surface area contributed by atoms with Crippen molar-refractivity contribution in [3.05, 3.63) is 107 Å². The van der Waals surface area contributed by atoms with Crippen molar-refractivity contribution in [2.45, 2.75) is 90.4 Å². The third-order valence-corrected chi connectivity index (χ3v) is 7.80. The molecule has 0 heteroatoms. The number of aryl methyl sites for hydroxylation is 3. The summed E-state index contributed by atoms with van der Waals surface area (Å²) in [5, 5.41) is 0. The lowest BCUT2D eigenvalue weighted by atomic mass is 9.82. The van der Waals surface area contributed by atoms with Gasteiger partial charge in [-0.3, -0.25) is 0 Å². The molecule has 0 amide bonds.